The van der Waals surface area contributed by atoms with Gasteiger partial charge in [0.15, 0.2) is 5.78 Å². The molecule has 0 aromatic carbocycles. The SMILES string of the molecule is Cn1cc([C@H]2C3=C(CCCC3=O)Nc3ncnn32)cn1. The number of nitrogens with zero attached hydrogens (tertiary/aromatic N) is 5. The number of carbonyl (C=O) groups excluding carboxylic acids is 1. The summed E-state index contributed by atoms with van der Waals surface area (Å²) in [5.74, 6) is 0.876. The standard InChI is InChI=1S/C13H14N6O/c1-18-6-8(5-15-18)12-11-9(3-2-4-10(11)20)17-13-14-7-16-19(12)13/h5-7,12H,2-4H2,1H3,(H,14,16,17)/t12-/m0/s1. The van der Waals surface area contributed by atoms with Gasteiger partial charge in [-0.2, -0.15) is 15.2 Å². The summed E-state index contributed by atoms with van der Waals surface area (Å²) in [4.78, 5) is 16.6. The van der Waals surface area contributed by atoms with E-state index >= 15 is 0 Å². The summed E-state index contributed by atoms with van der Waals surface area (Å²) in [6.07, 6.45) is 7.58. The Labute approximate surface area is 115 Å². The zero-order valence-corrected chi connectivity index (χ0v) is 11.1. The van der Waals surface area contributed by atoms with Gasteiger partial charge in [0.2, 0.25) is 5.95 Å². The van der Waals surface area contributed by atoms with E-state index in [1.165, 1.54) is 6.33 Å². The molecule has 0 spiro atoms. The molecule has 0 unspecified atom stereocenters. The van der Waals surface area contributed by atoms with Crippen LogP contribution in [0.1, 0.15) is 30.9 Å². The van der Waals surface area contributed by atoms with Gasteiger partial charge in [-0.05, 0) is 12.8 Å². The normalized spacial score (nSPS) is 21.4. The van der Waals surface area contributed by atoms with Gasteiger partial charge in [0, 0.05) is 36.5 Å². The van der Waals surface area contributed by atoms with E-state index in [2.05, 4.69) is 20.5 Å². The molecule has 1 atom stereocenters. The highest BCUT2D eigenvalue weighted by Crippen LogP contribution is 2.39. The van der Waals surface area contributed by atoms with Crippen LogP contribution < -0.4 is 5.32 Å². The maximum Gasteiger partial charge on any atom is 0.226 e. The van der Waals surface area contributed by atoms with E-state index in [4.69, 9.17) is 0 Å². The van der Waals surface area contributed by atoms with Crippen LogP contribution in [0.25, 0.3) is 0 Å². The van der Waals surface area contributed by atoms with Crippen LogP contribution in [0.3, 0.4) is 0 Å². The molecule has 20 heavy (non-hydrogen) atoms. The molecule has 0 radical (unpaired) electrons. The first kappa shape index (κ1) is 11.4. The lowest BCUT2D eigenvalue weighted by atomic mass is 9.86. The highest BCUT2D eigenvalue weighted by atomic mass is 16.1. The molecule has 4 rings (SSSR count). The molecule has 1 aliphatic carbocycles. The van der Waals surface area contributed by atoms with Crippen molar-refractivity contribution in [2.45, 2.75) is 25.3 Å². The Morgan fingerprint density at radius 2 is 2.25 bits per heavy atom. The number of hydrogen-bond acceptors (Lipinski definition) is 5. The molecule has 3 heterocycles. The minimum atomic E-state index is -0.217. The van der Waals surface area contributed by atoms with E-state index in [0.29, 0.717) is 12.4 Å². The lowest BCUT2D eigenvalue weighted by molar-refractivity contribution is -0.116. The summed E-state index contributed by atoms with van der Waals surface area (Å²) in [5.41, 5.74) is 2.75. The third kappa shape index (κ3) is 1.52. The average Bonchev–Trinajstić information content (AvgIpc) is 3.05. The molecule has 2 aromatic heterocycles. The lowest BCUT2D eigenvalue weighted by Crippen LogP contribution is -2.31. The molecule has 0 bridgehead atoms. The maximum absolute atomic E-state index is 12.4. The van der Waals surface area contributed by atoms with Gasteiger partial charge < -0.3 is 5.32 Å². The van der Waals surface area contributed by atoms with E-state index in [9.17, 15) is 4.79 Å². The number of carbonyl (C=O) groups is 1. The van der Waals surface area contributed by atoms with Crippen molar-refractivity contribution >= 4 is 11.7 Å². The first-order chi connectivity index (χ1) is 9.74. The number of ketones is 1. The van der Waals surface area contributed by atoms with Crippen LogP contribution >= 0.6 is 0 Å². The first-order valence-corrected chi connectivity index (χ1v) is 6.65. The quantitative estimate of drug-likeness (QED) is 0.837. The highest BCUT2D eigenvalue weighted by molar-refractivity contribution is 5.99. The number of Topliss-reactive ketones (excluding diaryl/α,β-unsaturated/α-hetero) is 1. The van der Waals surface area contributed by atoms with Crippen molar-refractivity contribution in [1.82, 2.24) is 24.5 Å². The van der Waals surface area contributed by atoms with Crippen LogP contribution in [-0.2, 0) is 11.8 Å². The van der Waals surface area contributed by atoms with Gasteiger partial charge in [0.1, 0.15) is 12.4 Å². The van der Waals surface area contributed by atoms with Gasteiger partial charge >= 0.3 is 0 Å². The molecule has 7 heteroatoms. The summed E-state index contributed by atoms with van der Waals surface area (Å²) in [7, 11) is 1.87. The van der Waals surface area contributed by atoms with Crippen molar-refractivity contribution in [2.24, 2.45) is 7.05 Å². The molecule has 0 fully saturated rings. The molecule has 7 nitrogen and oxygen atoms in total. The molecule has 2 aromatic rings. The Hall–Kier alpha value is -2.44. The maximum atomic E-state index is 12.4. The van der Waals surface area contributed by atoms with Crippen LogP contribution in [0.5, 0.6) is 0 Å². The van der Waals surface area contributed by atoms with Gasteiger partial charge in [-0.1, -0.05) is 0 Å². The first-order valence-electron chi connectivity index (χ1n) is 6.65. The second kappa shape index (κ2) is 4.03. The van der Waals surface area contributed by atoms with E-state index in [0.717, 1.165) is 29.7 Å². The monoisotopic (exact) mass is 270 g/mol. The number of anilines is 1. The Bertz CT molecular complexity index is 725. The van der Waals surface area contributed by atoms with Crippen molar-refractivity contribution < 1.29 is 4.79 Å². The zero-order valence-electron chi connectivity index (χ0n) is 11.1. The molecule has 2 aliphatic rings. The number of hydrogen-bond donors (Lipinski definition) is 1. The van der Waals surface area contributed by atoms with Crippen molar-refractivity contribution in [2.75, 3.05) is 5.32 Å². The molecular formula is C13H14N6O. The number of nitrogens with one attached hydrogen (secondary N) is 1. The summed E-state index contributed by atoms with van der Waals surface area (Å²) >= 11 is 0. The fourth-order valence-corrected chi connectivity index (χ4v) is 2.99. The molecule has 1 N–H and O–H groups in total. The number of aromatic nitrogens is 5. The summed E-state index contributed by atoms with van der Waals surface area (Å²) < 4.78 is 3.50. The highest BCUT2D eigenvalue weighted by Gasteiger charge is 2.36. The number of allylic oxidation sites excluding steroid dienone is 2. The van der Waals surface area contributed by atoms with Crippen LogP contribution in [0.2, 0.25) is 0 Å². The minimum Gasteiger partial charge on any atom is -0.328 e. The van der Waals surface area contributed by atoms with Gasteiger partial charge in [-0.15, -0.1) is 0 Å². The minimum absolute atomic E-state index is 0.189. The smallest absolute Gasteiger partial charge is 0.226 e. The van der Waals surface area contributed by atoms with Crippen LogP contribution in [-0.4, -0.2) is 30.3 Å². The van der Waals surface area contributed by atoms with Crippen LogP contribution in [0.4, 0.5) is 5.95 Å². The largest absolute Gasteiger partial charge is 0.328 e. The summed E-state index contributed by atoms with van der Waals surface area (Å²) in [5, 5.41) is 11.7. The van der Waals surface area contributed by atoms with E-state index in [1.54, 1.807) is 15.6 Å². The van der Waals surface area contributed by atoms with Gasteiger partial charge in [0.25, 0.3) is 0 Å². The molecule has 0 saturated carbocycles. The molecule has 0 amide bonds. The predicted molar refractivity (Wildman–Crippen MR) is 70.9 cm³/mol. The zero-order chi connectivity index (χ0) is 13.7. The Morgan fingerprint density at radius 3 is 3.05 bits per heavy atom. The number of aryl methyl sites for hydroxylation is 1. The average molecular weight is 270 g/mol. The number of fused-ring (bicyclic) bond motifs is 1. The lowest BCUT2D eigenvalue weighted by Gasteiger charge is -2.31. The van der Waals surface area contributed by atoms with E-state index in [1.807, 2.05) is 13.2 Å². The second-order valence-electron chi connectivity index (χ2n) is 5.17. The van der Waals surface area contributed by atoms with Gasteiger partial charge in [-0.25, -0.2) is 4.68 Å². The molecule has 102 valence electrons. The molecule has 1 aliphatic heterocycles. The van der Waals surface area contributed by atoms with Crippen LogP contribution in [0.15, 0.2) is 30.0 Å². The Kier molecular flexibility index (Phi) is 2.29. The van der Waals surface area contributed by atoms with Crippen molar-refractivity contribution in [1.29, 1.82) is 0 Å². The van der Waals surface area contributed by atoms with Crippen molar-refractivity contribution in [3.05, 3.63) is 35.6 Å². The molecular weight excluding hydrogens is 256 g/mol. The van der Waals surface area contributed by atoms with Crippen molar-refractivity contribution in [3.8, 4) is 0 Å². The van der Waals surface area contributed by atoms with E-state index in [-0.39, 0.29) is 11.8 Å². The fraction of sp³-hybridized carbons (Fsp3) is 0.385. The van der Waals surface area contributed by atoms with Gasteiger partial charge in [0.05, 0.1) is 6.20 Å². The van der Waals surface area contributed by atoms with Crippen LogP contribution in [0, 0.1) is 0 Å². The van der Waals surface area contributed by atoms with Gasteiger partial charge in [-0.3, -0.25) is 9.48 Å². The van der Waals surface area contributed by atoms with Crippen molar-refractivity contribution in [3.63, 3.8) is 0 Å². The summed E-state index contributed by atoms with van der Waals surface area (Å²) in [6, 6.07) is -0.217. The predicted octanol–water partition coefficient (Wildman–Crippen LogP) is 1.03. The topological polar surface area (TPSA) is 77.6 Å². The summed E-state index contributed by atoms with van der Waals surface area (Å²) in [6.45, 7) is 0. The third-order valence-electron chi connectivity index (χ3n) is 3.85. The Morgan fingerprint density at radius 1 is 1.35 bits per heavy atom. The van der Waals surface area contributed by atoms with E-state index < -0.39 is 0 Å². The Balaban J connectivity index is 1.92. The number of rotatable bonds is 1. The fourth-order valence-electron chi connectivity index (χ4n) is 2.99. The third-order valence-corrected chi connectivity index (χ3v) is 3.85. The second-order valence-corrected chi connectivity index (χ2v) is 5.17. The molecule has 0 saturated heterocycles.